The number of pyridine rings is 1. The summed E-state index contributed by atoms with van der Waals surface area (Å²) in [6.45, 7) is 8.48. The van der Waals surface area contributed by atoms with Crippen LogP contribution in [0.2, 0.25) is 0 Å². The number of amides is 2. The molecule has 4 rings (SSSR count). The van der Waals surface area contributed by atoms with Crippen LogP contribution in [0.5, 0.6) is 5.75 Å². The summed E-state index contributed by atoms with van der Waals surface area (Å²) in [6, 6.07) is 8.67. The fraction of sp³-hybridized carbons (Fsp3) is 0.423. The highest BCUT2D eigenvalue weighted by Crippen LogP contribution is 2.25. The average molecular weight is 480 g/mol. The van der Waals surface area contributed by atoms with Gasteiger partial charge in [0, 0.05) is 32.1 Å². The van der Waals surface area contributed by atoms with Gasteiger partial charge in [0.15, 0.2) is 5.65 Å². The fourth-order valence-corrected chi connectivity index (χ4v) is 4.12. The number of piperidine rings is 1. The van der Waals surface area contributed by atoms with Crippen LogP contribution in [0.15, 0.2) is 42.6 Å². The van der Waals surface area contributed by atoms with Crippen molar-refractivity contribution in [3.63, 3.8) is 0 Å². The largest absolute Gasteiger partial charge is 0.490 e. The van der Waals surface area contributed by atoms with E-state index in [0.29, 0.717) is 48.5 Å². The molecular weight excluding hydrogens is 449 g/mol. The first-order chi connectivity index (χ1) is 16.6. The van der Waals surface area contributed by atoms with Crippen LogP contribution in [0.4, 0.5) is 4.39 Å². The van der Waals surface area contributed by atoms with E-state index in [1.807, 2.05) is 20.8 Å². The summed E-state index contributed by atoms with van der Waals surface area (Å²) in [5.41, 5.74) is 1.10. The highest BCUT2D eigenvalue weighted by atomic mass is 19.1. The predicted octanol–water partition coefficient (Wildman–Crippen LogP) is 3.69. The average Bonchev–Trinajstić information content (AvgIpc) is 2.82. The molecule has 1 saturated heterocycles. The summed E-state index contributed by atoms with van der Waals surface area (Å²) in [7, 11) is 0. The van der Waals surface area contributed by atoms with E-state index >= 15 is 0 Å². The lowest BCUT2D eigenvalue weighted by Gasteiger charge is -2.38. The minimum Gasteiger partial charge on any atom is -0.490 e. The molecule has 9 heteroatoms. The van der Waals surface area contributed by atoms with Crippen molar-refractivity contribution in [2.45, 2.75) is 52.7 Å². The van der Waals surface area contributed by atoms with Crippen molar-refractivity contribution in [3.8, 4) is 5.75 Å². The molecule has 0 unspecified atom stereocenters. The van der Waals surface area contributed by atoms with Gasteiger partial charge < -0.3 is 15.0 Å². The maximum Gasteiger partial charge on any atom is 0.272 e. The monoisotopic (exact) mass is 479 g/mol. The van der Waals surface area contributed by atoms with E-state index in [2.05, 4.69) is 20.3 Å². The Morgan fingerprint density at radius 2 is 1.80 bits per heavy atom. The number of hydrogen-bond acceptors (Lipinski definition) is 6. The summed E-state index contributed by atoms with van der Waals surface area (Å²) in [6.07, 6.45) is 2.86. The Bertz CT molecular complexity index is 1220. The Morgan fingerprint density at radius 1 is 1.11 bits per heavy atom. The Labute approximate surface area is 203 Å². The van der Waals surface area contributed by atoms with Crippen LogP contribution < -0.4 is 10.1 Å². The molecular formula is C26H30FN5O3. The Kier molecular flexibility index (Phi) is 6.95. The maximum atomic E-state index is 13.5. The van der Waals surface area contributed by atoms with Crippen LogP contribution in [-0.2, 0) is 4.79 Å². The summed E-state index contributed by atoms with van der Waals surface area (Å²) >= 11 is 0. The van der Waals surface area contributed by atoms with Crippen LogP contribution >= 0.6 is 0 Å². The topological polar surface area (TPSA) is 97.3 Å². The zero-order valence-corrected chi connectivity index (χ0v) is 20.4. The zero-order chi connectivity index (χ0) is 25.2. The summed E-state index contributed by atoms with van der Waals surface area (Å²) in [5.74, 6) is -0.282. The van der Waals surface area contributed by atoms with Crippen LogP contribution in [0.1, 0.15) is 49.8 Å². The molecule has 3 heterocycles. The fourth-order valence-electron chi connectivity index (χ4n) is 4.12. The Balaban J connectivity index is 1.43. The molecule has 1 aromatic carbocycles. The van der Waals surface area contributed by atoms with Crippen molar-refractivity contribution in [1.29, 1.82) is 0 Å². The van der Waals surface area contributed by atoms with Crippen molar-refractivity contribution in [2.24, 2.45) is 5.41 Å². The molecule has 1 aliphatic rings. The number of carbonyl (C=O) groups is 2. The van der Waals surface area contributed by atoms with Crippen LogP contribution in [0.3, 0.4) is 0 Å². The summed E-state index contributed by atoms with van der Waals surface area (Å²) in [5, 5.41) is 2.91. The van der Waals surface area contributed by atoms with E-state index in [1.54, 1.807) is 42.3 Å². The van der Waals surface area contributed by atoms with Gasteiger partial charge in [-0.1, -0.05) is 20.8 Å². The molecule has 1 N–H and O–H groups in total. The maximum absolute atomic E-state index is 13.5. The number of rotatable bonds is 5. The van der Waals surface area contributed by atoms with E-state index in [1.165, 1.54) is 12.1 Å². The van der Waals surface area contributed by atoms with Gasteiger partial charge in [-0.15, -0.1) is 0 Å². The number of fused-ring (bicyclic) bond motifs is 1. The number of nitrogens with zero attached hydrogens (tertiary/aromatic N) is 4. The van der Waals surface area contributed by atoms with Gasteiger partial charge in [0.1, 0.15) is 34.9 Å². The number of aryl methyl sites for hydroxylation is 1. The van der Waals surface area contributed by atoms with Gasteiger partial charge in [0.05, 0.1) is 5.69 Å². The van der Waals surface area contributed by atoms with Crippen molar-refractivity contribution in [3.05, 3.63) is 59.8 Å². The van der Waals surface area contributed by atoms with Gasteiger partial charge in [-0.2, -0.15) is 0 Å². The molecule has 3 aromatic rings. The van der Waals surface area contributed by atoms with Crippen molar-refractivity contribution >= 4 is 23.0 Å². The van der Waals surface area contributed by atoms with Gasteiger partial charge in [-0.3, -0.25) is 9.59 Å². The van der Waals surface area contributed by atoms with Crippen molar-refractivity contribution in [2.75, 3.05) is 13.1 Å². The standard InChI is InChI=1S/C26H30FN5O3/c1-16-21(30-20-6-5-13-28-23(20)29-16)24(33)31-22(26(2,3)4)25(34)32-14-11-19(12-15-32)35-18-9-7-17(27)8-10-18/h5-10,13,19,22H,11-12,14-15H2,1-4H3,(H,31,33)/t22-/m1/s1. The van der Waals surface area contributed by atoms with Crippen LogP contribution in [0.25, 0.3) is 11.2 Å². The first-order valence-electron chi connectivity index (χ1n) is 11.7. The lowest BCUT2D eigenvalue weighted by molar-refractivity contribution is -0.137. The zero-order valence-electron chi connectivity index (χ0n) is 20.4. The van der Waals surface area contributed by atoms with E-state index in [0.717, 1.165) is 0 Å². The van der Waals surface area contributed by atoms with Gasteiger partial charge in [-0.25, -0.2) is 19.3 Å². The molecule has 8 nitrogen and oxygen atoms in total. The van der Waals surface area contributed by atoms with E-state index in [9.17, 15) is 14.0 Å². The van der Waals surface area contributed by atoms with Gasteiger partial charge in [0.2, 0.25) is 5.91 Å². The number of benzene rings is 1. The molecule has 2 aromatic heterocycles. The molecule has 35 heavy (non-hydrogen) atoms. The lowest BCUT2D eigenvalue weighted by Crippen LogP contribution is -2.56. The molecule has 1 atom stereocenters. The normalized spacial score (nSPS) is 15.6. The Hall–Kier alpha value is -3.62. The molecule has 2 amide bonds. The first kappa shape index (κ1) is 24.5. The molecule has 0 radical (unpaired) electrons. The molecule has 184 valence electrons. The van der Waals surface area contributed by atoms with Crippen LogP contribution in [0, 0.1) is 18.2 Å². The Morgan fingerprint density at radius 3 is 2.46 bits per heavy atom. The van der Waals surface area contributed by atoms with Crippen molar-refractivity contribution in [1.82, 2.24) is 25.2 Å². The smallest absolute Gasteiger partial charge is 0.272 e. The molecule has 0 saturated carbocycles. The second-order valence-corrected chi connectivity index (χ2v) is 9.87. The number of likely N-dealkylation sites (tertiary alicyclic amines) is 1. The number of nitrogens with one attached hydrogen (secondary N) is 1. The molecule has 1 fully saturated rings. The van der Waals surface area contributed by atoms with Gasteiger partial charge >= 0.3 is 0 Å². The molecule has 0 aliphatic carbocycles. The van der Waals surface area contributed by atoms with Gasteiger partial charge in [0.25, 0.3) is 5.91 Å². The second kappa shape index (κ2) is 9.93. The van der Waals surface area contributed by atoms with Gasteiger partial charge in [-0.05, 0) is 48.7 Å². The predicted molar refractivity (Wildman–Crippen MR) is 129 cm³/mol. The number of ether oxygens (including phenoxy) is 1. The van der Waals surface area contributed by atoms with Crippen molar-refractivity contribution < 1.29 is 18.7 Å². The van der Waals surface area contributed by atoms with E-state index < -0.39 is 17.4 Å². The van der Waals surface area contributed by atoms with E-state index in [-0.39, 0.29) is 23.5 Å². The SMILES string of the molecule is Cc1nc2ncccc2nc1C(=O)N[C@H](C(=O)N1CCC(Oc2ccc(F)cc2)CC1)C(C)(C)C. The minimum atomic E-state index is -0.740. The number of carbonyl (C=O) groups excluding carboxylic acids is 2. The van der Waals surface area contributed by atoms with E-state index in [4.69, 9.17) is 4.74 Å². The number of hydrogen-bond donors (Lipinski definition) is 1. The number of halogens is 1. The highest BCUT2D eigenvalue weighted by molar-refractivity contribution is 5.98. The third-order valence-electron chi connectivity index (χ3n) is 6.09. The third kappa shape index (κ3) is 5.72. The number of aromatic nitrogens is 3. The minimum absolute atomic E-state index is 0.0590. The summed E-state index contributed by atoms with van der Waals surface area (Å²) in [4.78, 5) is 41.4. The lowest BCUT2D eigenvalue weighted by atomic mass is 9.85. The first-order valence-corrected chi connectivity index (χ1v) is 11.7. The van der Waals surface area contributed by atoms with Crippen LogP contribution in [-0.4, -0.2) is 56.9 Å². The quantitative estimate of drug-likeness (QED) is 0.600. The second-order valence-electron chi connectivity index (χ2n) is 9.87. The highest BCUT2D eigenvalue weighted by Gasteiger charge is 2.37. The molecule has 0 spiro atoms. The summed E-state index contributed by atoms with van der Waals surface area (Å²) < 4.78 is 19.1. The third-order valence-corrected chi connectivity index (χ3v) is 6.09. The molecule has 1 aliphatic heterocycles. The molecule has 0 bridgehead atoms.